The van der Waals surface area contributed by atoms with Gasteiger partial charge in [0.05, 0.1) is 0 Å². The summed E-state index contributed by atoms with van der Waals surface area (Å²) in [5.74, 6) is -0.507. The molecule has 33 heavy (non-hydrogen) atoms. The van der Waals surface area contributed by atoms with Gasteiger partial charge in [0.15, 0.2) is 0 Å². The third-order valence-corrected chi connectivity index (χ3v) is 5.82. The third kappa shape index (κ3) is 6.43. The molecule has 0 radical (unpaired) electrons. The number of amides is 1. The van der Waals surface area contributed by atoms with Crippen molar-refractivity contribution in [3.8, 4) is 16.9 Å². The van der Waals surface area contributed by atoms with Crippen molar-refractivity contribution in [3.63, 3.8) is 0 Å². The molecule has 3 aromatic rings. The van der Waals surface area contributed by atoms with E-state index in [1.807, 2.05) is 12.1 Å². The van der Waals surface area contributed by atoms with Crippen LogP contribution in [-0.2, 0) is 11.2 Å². The number of carboxylic acids is 1. The number of carboxylic acid groups (broad SMARTS) is 1. The first kappa shape index (κ1) is 24.0. The van der Waals surface area contributed by atoms with E-state index in [9.17, 15) is 14.7 Å². The highest BCUT2D eigenvalue weighted by molar-refractivity contribution is 5.94. The van der Waals surface area contributed by atoms with Crippen LogP contribution in [0.25, 0.3) is 11.1 Å². The molecule has 6 nitrogen and oxygen atoms in total. The molecule has 0 saturated carbocycles. The maximum absolute atomic E-state index is 12.7. The van der Waals surface area contributed by atoms with Gasteiger partial charge in [0, 0.05) is 18.0 Å². The lowest BCUT2D eigenvalue weighted by Gasteiger charge is -2.22. The van der Waals surface area contributed by atoms with Crippen molar-refractivity contribution >= 4 is 11.9 Å². The Labute approximate surface area is 194 Å². The van der Waals surface area contributed by atoms with Gasteiger partial charge in [-0.15, -0.1) is 0 Å². The first-order chi connectivity index (χ1) is 15.7. The number of hydrogen-bond acceptors (Lipinski definition) is 4. The molecule has 0 spiro atoms. The quantitative estimate of drug-likeness (QED) is 0.394. The van der Waals surface area contributed by atoms with Crippen molar-refractivity contribution in [2.24, 2.45) is 11.7 Å². The standard InChI is InChI=1S/C27H30N2O4/c1-17(2)24(21-9-7-19(8-10-21)20-11-13-23(30)14-12-20)16-29-26(31)22-5-3-18(4-6-22)15-25(28)27(32)33/h3-14,17,24-25,30H,15-16,28H2,1-2H3,(H,29,31)(H,32,33)/t24-,25-/m1/s1. The molecule has 0 aliphatic heterocycles. The Balaban J connectivity index is 1.63. The number of nitrogens with one attached hydrogen (secondary N) is 1. The zero-order chi connectivity index (χ0) is 24.0. The largest absolute Gasteiger partial charge is 0.508 e. The molecule has 0 heterocycles. The Kier molecular flexibility index (Phi) is 7.85. The van der Waals surface area contributed by atoms with Crippen molar-refractivity contribution in [2.75, 3.05) is 6.54 Å². The van der Waals surface area contributed by atoms with E-state index in [1.165, 1.54) is 0 Å². The summed E-state index contributed by atoms with van der Waals surface area (Å²) in [5.41, 5.74) is 10.1. The minimum absolute atomic E-state index is 0.149. The minimum atomic E-state index is -1.05. The summed E-state index contributed by atoms with van der Waals surface area (Å²) in [6.07, 6.45) is 0.215. The Morgan fingerprint density at radius 3 is 1.94 bits per heavy atom. The minimum Gasteiger partial charge on any atom is -0.508 e. The topological polar surface area (TPSA) is 113 Å². The smallest absolute Gasteiger partial charge is 0.320 e. The summed E-state index contributed by atoms with van der Waals surface area (Å²) in [6.45, 7) is 4.76. The van der Waals surface area contributed by atoms with E-state index >= 15 is 0 Å². The molecule has 2 atom stereocenters. The normalized spacial score (nSPS) is 12.8. The van der Waals surface area contributed by atoms with Gasteiger partial charge in [0.25, 0.3) is 5.91 Å². The lowest BCUT2D eigenvalue weighted by atomic mass is 9.87. The fourth-order valence-corrected chi connectivity index (χ4v) is 3.75. The summed E-state index contributed by atoms with van der Waals surface area (Å²) in [6, 6.07) is 21.3. The molecule has 6 heteroatoms. The molecule has 5 N–H and O–H groups in total. The predicted octanol–water partition coefficient (Wildman–Crippen LogP) is 4.18. The highest BCUT2D eigenvalue weighted by atomic mass is 16.4. The van der Waals surface area contributed by atoms with Gasteiger partial charge in [-0.05, 0) is 58.9 Å². The van der Waals surface area contributed by atoms with Gasteiger partial charge in [-0.1, -0.05) is 62.4 Å². The van der Waals surface area contributed by atoms with Crippen molar-refractivity contribution in [2.45, 2.75) is 32.2 Å². The summed E-state index contributed by atoms with van der Waals surface area (Å²) in [4.78, 5) is 23.6. The molecule has 0 saturated heterocycles. The number of aliphatic carboxylic acids is 1. The summed E-state index contributed by atoms with van der Waals surface area (Å²) in [5, 5.41) is 21.4. The molecule has 3 rings (SSSR count). The fraction of sp³-hybridized carbons (Fsp3) is 0.259. The van der Waals surface area contributed by atoms with Gasteiger partial charge in [0.1, 0.15) is 11.8 Å². The lowest BCUT2D eigenvalue weighted by molar-refractivity contribution is -0.138. The number of hydrogen-bond donors (Lipinski definition) is 4. The third-order valence-electron chi connectivity index (χ3n) is 5.82. The first-order valence-electron chi connectivity index (χ1n) is 11.0. The van der Waals surface area contributed by atoms with Crippen LogP contribution < -0.4 is 11.1 Å². The van der Waals surface area contributed by atoms with Gasteiger partial charge in [-0.25, -0.2) is 0 Å². The van der Waals surface area contributed by atoms with Crippen molar-refractivity contribution in [1.82, 2.24) is 5.32 Å². The second-order valence-electron chi connectivity index (χ2n) is 8.58. The monoisotopic (exact) mass is 446 g/mol. The van der Waals surface area contributed by atoms with Crippen molar-refractivity contribution in [3.05, 3.63) is 89.5 Å². The highest BCUT2D eigenvalue weighted by Crippen LogP contribution is 2.28. The highest BCUT2D eigenvalue weighted by Gasteiger charge is 2.18. The molecule has 172 valence electrons. The van der Waals surface area contributed by atoms with Gasteiger partial charge in [0.2, 0.25) is 0 Å². The van der Waals surface area contributed by atoms with E-state index in [0.29, 0.717) is 18.0 Å². The maximum Gasteiger partial charge on any atom is 0.320 e. The number of carbonyl (C=O) groups is 2. The first-order valence-corrected chi connectivity index (χ1v) is 11.0. The van der Waals surface area contributed by atoms with E-state index in [4.69, 9.17) is 10.8 Å². The Hall–Kier alpha value is -3.64. The van der Waals surface area contributed by atoms with Crippen LogP contribution >= 0.6 is 0 Å². The Bertz CT molecular complexity index is 1070. The molecule has 1 amide bonds. The molecule has 0 bridgehead atoms. The number of carbonyl (C=O) groups excluding carboxylic acids is 1. The molecule has 0 aliphatic rings. The second-order valence-corrected chi connectivity index (χ2v) is 8.58. The summed E-state index contributed by atoms with van der Waals surface area (Å²) < 4.78 is 0. The van der Waals surface area contributed by atoms with Crippen molar-refractivity contribution < 1.29 is 19.8 Å². The van der Waals surface area contributed by atoms with E-state index in [-0.39, 0.29) is 24.0 Å². The van der Waals surface area contributed by atoms with Gasteiger partial charge >= 0.3 is 5.97 Å². The average molecular weight is 447 g/mol. The van der Waals surface area contributed by atoms with Crippen LogP contribution in [0.15, 0.2) is 72.8 Å². The van der Waals surface area contributed by atoms with Gasteiger partial charge in [-0.3, -0.25) is 9.59 Å². The average Bonchev–Trinajstić information content (AvgIpc) is 2.80. The Morgan fingerprint density at radius 2 is 1.42 bits per heavy atom. The number of phenols is 1. The van der Waals surface area contributed by atoms with Crippen LogP contribution in [0.1, 0.15) is 41.3 Å². The van der Waals surface area contributed by atoms with E-state index < -0.39 is 12.0 Å². The molecule has 0 unspecified atom stereocenters. The SMILES string of the molecule is CC(C)[C@@H](CNC(=O)c1ccc(C[C@@H](N)C(=O)O)cc1)c1ccc(-c2ccc(O)cc2)cc1. The second kappa shape index (κ2) is 10.8. The van der Waals surface area contributed by atoms with Crippen LogP contribution in [0.2, 0.25) is 0 Å². The predicted molar refractivity (Wildman–Crippen MR) is 129 cm³/mol. The van der Waals surface area contributed by atoms with E-state index in [2.05, 4.69) is 43.4 Å². The number of benzene rings is 3. The molecule has 3 aromatic carbocycles. The van der Waals surface area contributed by atoms with E-state index in [1.54, 1.807) is 36.4 Å². The maximum atomic E-state index is 12.7. The number of phenolic OH excluding ortho intramolecular Hbond substituents is 1. The molecule has 0 aliphatic carbocycles. The molecular weight excluding hydrogens is 416 g/mol. The van der Waals surface area contributed by atoms with Crippen LogP contribution in [0, 0.1) is 5.92 Å². The molecular formula is C27H30N2O4. The summed E-state index contributed by atoms with van der Waals surface area (Å²) >= 11 is 0. The molecule has 0 aromatic heterocycles. The van der Waals surface area contributed by atoms with Gasteiger partial charge in [-0.2, -0.15) is 0 Å². The zero-order valence-electron chi connectivity index (χ0n) is 18.9. The zero-order valence-corrected chi connectivity index (χ0v) is 18.9. The number of nitrogens with two attached hydrogens (primary N) is 1. The number of aromatic hydroxyl groups is 1. The van der Waals surface area contributed by atoms with Crippen molar-refractivity contribution in [1.29, 1.82) is 0 Å². The Morgan fingerprint density at radius 1 is 0.879 bits per heavy atom. The van der Waals surface area contributed by atoms with Gasteiger partial charge < -0.3 is 21.3 Å². The van der Waals surface area contributed by atoms with Crippen LogP contribution in [0.5, 0.6) is 5.75 Å². The van der Waals surface area contributed by atoms with Crippen LogP contribution in [0.3, 0.4) is 0 Å². The number of rotatable bonds is 9. The fourth-order valence-electron chi connectivity index (χ4n) is 3.75. The lowest BCUT2D eigenvalue weighted by Crippen LogP contribution is -2.32. The molecule has 0 fully saturated rings. The van der Waals surface area contributed by atoms with Crippen LogP contribution in [0.4, 0.5) is 0 Å². The van der Waals surface area contributed by atoms with E-state index in [0.717, 1.165) is 22.3 Å². The summed E-state index contributed by atoms with van der Waals surface area (Å²) in [7, 11) is 0. The van der Waals surface area contributed by atoms with Crippen LogP contribution in [-0.4, -0.2) is 34.7 Å².